The minimum atomic E-state index is 0.338. The fraction of sp³-hybridized carbons (Fsp3) is 0. The molecule has 126 valence electrons. The van der Waals surface area contributed by atoms with Gasteiger partial charge in [-0.2, -0.15) is 10.5 Å². The molecule has 0 atom stereocenters. The molecule has 3 aromatic carbocycles. The van der Waals surface area contributed by atoms with Crippen molar-refractivity contribution in [2.24, 2.45) is 0 Å². The van der Waals surface area contributed by atoms with Crippen molar-refractivity contribution in [1.29, 1.82) is 10.5 Å². The van der Waals surface area contributed by atoms with Crippen LogP contribution in [0.4, 0.5) is 0 Å². The Labute approximate surface area is 160 Å². The molecule has 6 heteroatoms. The monoisotopic (exact) mass is 380 g/mol. The van der Waals surface area contributed by atoms with Crippen molar-refractivity contribution in [3.63, 3.8) is 0 Å². The van der Waals surface area contributed by atoms with E-state index in [0.29, 0.717) is 44.2 Å². The predicted molar refractivity (Wildman–Crippen MR) is 98.9 cm³/mol. The van der Waals surface area contributed by atoms with Crippen LogP contribution in [0.15, 0.2) is 60.7 Å². The zero-order valence-electron chi connectivity index (χ0n) is 13.2. The Morgan fingerprint density at radius 1 is 0.654 bits per heavy atom. The van der Waals surface area contributed by atoms with E-state index in [-0.39, 0.29) is 0 Å². The highest BCUT2D eigenvalue weighted by Gasteiger charge is 2.08. The second-order valence-corrected chi connectivity index (χ2v) is 6.01. The third-order valence-electron chi connectivity index (χ3n) is 3.38. The molecule has 4 nitrogen and oxygen atoms in total. The van der Waals surface area contributed by atoms with Crippen molar-refractivity contribution < 1.29 is 9.47 Å². The number of nitriles is 2. The van der Waals surface area contributed by atoms with Crippen LogP contribution in [-0.4, -0.2) is 0 Å². The molecule has 0 aliphatic rings. The van der Waals surface area contributed by atoms with E-state index in [4.69, 9.17) is 43.2 Å². The van der Waals surface area contributed by atoms with Gasteiger partial charge in [0, 0.05) is 6.07 Å². The molecule has 0 bridgehead atoms. The number of ether oxygens (including phenoxy) is 2. The lowest BCUT2D eigenvalue weighted by Crippen LogP contribution is -1.89. The first-order valence-electron chi connectivity index (χ1n) is 7.44. The Balaban J connectivity index is 1.81. The lowest BCUT2D eigenvalue weighted by Gasteiger charge is -2.11. The van der Waals surface area contributed by atoms with E-state index >= 15 is 0 Å². The summed E-state index contributed by atoms with van der Waals surface area (Å²) in [4.78, 5) is 0. The summed E-state index contributed by atoms with van der Waals surface area (Å²) in [6, 6.07) is 20.6. The average molecular weight is 381 g/mol. The van der Waals surface area contributed by atoms with E-state index in [1.165, 1.54) is 12.1 Å². The molecule has 0 fully saturated rings. The summed E-state index contributed by atoms with van der Waals surface area (Å²) in [6.07, 6.45) is 0. The highest BCUT2D eigenvalue weighted by atomic mass is 35.5. The van der Waals surface area contributed by atoms with Gasteiger partial charge in [-0.25, -0.2) is 0 Å². The third-order valence-corrected chi connectivity index (χ3v) is 3.97. The zero-order valence-corrected chi connectivity index (χ0v) is 14.8. The van der Waals surface area contributed by atoms with Crippen LogP contribution < -0.4 is 9.47 Å². The average Bonchev–Trinajstić information content (AvgIpc) is 2.65. The number of halogens is 2. The van der Waals surface area contributed by atoms with Gasteiger partial charge >= 0.3 is 0 Å². The molecule has 0 saturated heterocycles. The zero-order chi connectivity index (χ0) is 18.5. The Bertz CT molecular complexity index is 972. The molecule has 0 aliphatic carbocycles. The summed E-state index contributed by atoms with van der Waals surface area (Å²) in [5.74, 6) is 1.89. The van der Waals surface area contributed by atoms with Gasteiger partial charge in [-0.3, -0.25) is 0 Å². The summed E-state index contributed by atoms with van der Waals surface area (Å²) in [7, 11) is 0. The van der Waals surface area contributed by atoms with Crippen molar-refractivity contribution >= 4 is 23.2 Å². The molecular weight excluding hydrogens is 371 g/mol. The lowest BCUT2D eigenvalue weighted by molar-refractivity contribution is 0.460. The summed E-state index contributed by atoms with van der Waals surface area (Å²) in [6.45, 7) is 0. The minimum absolute atomic E-state index is 0.338. The number of benzene rings is 3. The molecule has 0 saturated carbocycles. The van der Waals surface area contributed by atoms with Crippen LogP contribution in [0.25, 0.3) is 0 Å². The summed E-state index contributed by atoms with van der Waals surface area (Å²) in [5.41, 5.74) is 0.907. The van der Waals surface area contributed by atoms with Crippen molar-refractivity contribution in [2.75, 3.05) is 0 Å². The first-order chi connectivity index (χ1) is 12.6. The largest absolute Gasteiger partial charge is 0.456 e. The predicted octanol–water partition coefficient (Wildman–Crippen LogP) is 6.32. The third kappa shape index (κ3) is 4.07. The highest BCUT2D eigenvalue weighted by molar-refractivity contribution is 6.32. The van der Waals surface area contributed by atoms with Crippen LogP contribution in [-0.2, 0) is 0 Å². The summed E-state index contributed by atoms with van der Waals surface area (Å²) in [5, 5.41) is 18.4. The summed E-state index contributed by atoms with van der Waals surface area (Å²) >= 11 is 12.3. The van der Waals surface area contributed by atoms with Crippen molar-refractivity contribution in [2.45, 2.75) is 0 Å². The van der Waals surface area contributed by atoms with Crippen LogP contribution in [0.1, 0.15) is 11.1 Å². The molecule has 0 aliphatic heterocycles. The van der Waals surface area contributed by atoms with Gasteiger partial charge < -0.3 is 9.47 Å². The van der Waals surface area contributed by atoms with Crippen LogP contribution in [0, 0.1) is 22.7 Å². The fourth-order valence-corrected chi connectivity index (χ4v) is 2.60. The first-order valence-corrected chi connectivity index (χ1v) is 8.20. The van der Waals surface area contributed by atoms with Gasteiger partial charge in [0.05, 0.1) is 33.3 Å². The van der Waals surface area contributed by atoms with E-state index in [9.17, 15) is 0 Å². The Morgan fingerprint density at radius 3 is 1.50 bits per heavy atom. The molecule has 3 aromatic rings. The lowest BCUT2D eigenvalue weighted by atomic mass is 10.2. The van der Waals surface area contributed by atoms with Gasteiger partial charge in [-0.1, -0.05) is 29.3 Å². The molecule has 0 spiro atoms. The topological polar surface area (TPSA) is 66.0 Å². The first kappa shape index (κ1) is 17.6. The second-order valence-electron chi connectivity index (χ2n) is 5.19. The van der Waals surface area contributed by atoms with E-state index in [0.717, 1.165) is 0 Å². The van der Waals surface area contributed by atoms with Crippen LogP contribution >= 0.6 is 23.2 Å². The number of nitrogens with zero attached hydrogens (tertiary/aromatic N) is 2. The Hall–Kier alpha value is -3.18. The van der Waals surface area contributed by atoms with Crippen molar-refractivity contribution in [1.82, 2.24) is 0 Å². The van der Waals surface area contributed by atoms with E-state index in [1.54, 1.807) is 48.5 Å². The maximum absolute atomic E-state index is 8.88. The molecule has 0 amide bonds. The van der Waals surface area contributed by atoms with Gasteiger partial charge in [0.2, 0.25) is 0 Å². The highest BCUT2D eigenvalue weighted by Crippen LogP contribution is 2.34. The van der Waals surface area contributed by atoms with E-state index in [1.807, 2.05) is 12.1 Å². The van der Waals surface area contributed by atoms with Gasteiger partial charge in [0.25, 0.3) is 0 Å². The molecular formula is C20H10Cl2N2O2. The van der Waals surface area contributed by atoms with Crippen LogP contribution in [0.2, 0.25) is 10.0 Å². The molecule has 26 heavy (non-hydrogen) atoms. The maximum Gasteiger partial charge on any atom is 0.146 e. The van der Waals surface area contributed by atoms with Gasteiger partial charge in [0.1, 0.15) is 23.0 Å². The van der Waals surface area contributed by atoms with Crippen molar-refractivity contribution in [3.8, 4) is 35.1 Å². The molecule has 0 unspecified atom stereocenters. The Morgan fingerprint density at radius 2 is 1.12 bits per heavy atom. The fourth-order valence-electron chi connectivity index (χ4n) is 2.16. The van der Waals surface area contributed by atoms with Gasteiger partial charge in [-0.15, -0.1) is 0 Å². The number of hydrogen-bond donors (Lipinski definition) is 0. The smallest absolute Gasteiger partial charge is 0.146 e. The van der Waals surface area contributed by atoms with Gasteiger partial charge in [-0.05, 0) is 48.5 Å². The second kappa shape index (κ2) is 7.80. The SMILES string of the molecule is N#Cc1ccc(Oc2cccc(Oc3ccc(C#N)cc3Cl)c2)c(Cl)c1. The number of hydrogen-bond acceptors (Lipinski definition) is 4. The molecule has 0 heterocycles. The Kier molecular flexibility index (Phi) is 5.29. The minimum Gasteiger partial charge on any atom is -0.456 e. The quantitative estimate of drug-likeness (QED) is 0.530. The standard InChI is InChI=1S/C20H10Cl2N2O2/c21-17-8-13(11-23)4-6-19(17)25-15-2-1-3-16(10-15)26-20-7-5-14(12-24)9-18(20)22/h1-10H. The van der Waals surface area contributed by atoms with Gasteiger partial charge in [0.15, 0.2) is 0 Å². The maximum atomic E-state index is 8.88. The molecule has 0 N–H and O–H groups in total. The number of rotatable bonds is 4. The van der Waals surface area contributed by atoms with Crippen LogP contribution in [0.5, 0.6) is 23.0 Å². The van der Waals surface area contributed by atoms with Crippen LogP contribution in [0.3, 0.4) is 0 Å². The normalized spacial score (nSPS) is 9.85. The summed E-state index contributed by atoms with van der Waals surface area (Å²) < 4.78 is 11.5. The molecule has 0 radical (unpaired) electrons. The van der Waals surface area contributed by atoms with Crippen molar-refractivity contribution in [3.05, 3.63) is 81.8 Å². The molecule has 3 rings (SSSR count). The van der Waals surface area contributed by atoms with E-state index < -0.39 is 0 Å². The van der Waals surface area contributed by atoms with E-state index in [2.05, 4.69) is 0 Å². The molecule has 0 aromatic heterocycles.